The van der Waals surface area contributed by atoms with E-state index in [1.54, 1.807) is 6.92 Å². The number of methoxy groups -OCH3 is 1. The number of hydrogen-bond acceptors (Lipinski definition) is 4. The van der Waals surface area contributed by atoms with Crippen LogP contribution in [-0.4, -0.2) is 24.8 Å². The molecule has 0 spiro atoms. The quantitative estimate of drug-likeness (QED) is 0.842. The van der Waals surface area contributed by atoms with Crippen LogP contribution in [0.4, 0.5) is 8.78 Å². The summed E-state index contributed by atoms with van der Waals surface area (Å²) in [6.07, 6.45) is 2.08. The minimum atomic E-state index is -0.768. The molecule has 0 N–H and O–H groups in total. The van der Waals surface area contributed by atoms with Crippen molar-refractivity contribution in [3.63, 3.8) is 0 Å². The normalized spacial score (nSPS) is 27.3. The van der Waals surface area contributed by atoms with Gasteiger partial charge >= 0.3 is 0 Å². The Labute approximate surface area is 139 Å². The van der Waals surface area contributed by atoms with Crippen molar-refractivity contribution in [1.82, 2.24) is 0 Å². The number of allylic oxidation sites excluding steroid dienone is 1. The number of ketones is 1. The highest BCUT2D eigenvalue weighted by Gasteiger charge is 2.51. The third-order valence-corrected chi connectivity index (χ3v) is 4.76. The lowest BCUT2D eigenvalue weighted by Gasteiger charge is -2.35. The molecule has 2 aliphatic rings. The highest BCUT2D eigenvalue weighted by molar-refractivity contribution is 5.91. The Balaban J connectivity index is 1.89. The lowest BCUT2D eigenvalue weighted by atomic mass is 9.76. The largest absolute Gasteiger partial charge is 0.494 e. The van der Waals surface area contributed by atoms with Gasteiger partial charge in [-0.3, -0.25) is 4.79 Å². The zero-order chi connectivity index (χ0) is 17.5. The Morgan fingerprint density at radius 1 is 1.38 bits per heavy atom. The standard InChI is InChI=1S/C18H20F2O4/c1-10(6-12-7-15(20)16(22-3)9-14(12)19)18-5-4-13(21)8-17(18)23-11(2)24-18/h7-11H,4-6H2,1-3H3/t10-,11?,18-/m1/s1. The second-order valence-corrected chi connectivity index (χ2v) is 6.35. The lowest BCUT2D eigenvalue weighted by molar-refractivity contribution is -0.121. The Kier molecular flexibility index (Phi) is 4.34. The highest BCUT2D eigenvalue weighted by Crippen LogP contribution is 2.46. The first-order valence-corrected chi connectivity index (χ1v) is 7.97. The second-order valence-electron chi connectivity index (χ2n) is 6.35. The van der Waals surface area contributed by atoms with Crippen LogP contribution in [0.3, 0.4) is 0 Å². The number of rotatable bonds is 4. The van der Waals surface area contributed by atoms with Gasteiger partial charge in [-0.2, -0.15) is 0 Å². The zero-order valence-electron chi connectivity index (χ0n) is 13.9. The van der Waals surface area contributed by atoms with Crippen LogP contribution in [0.2, 0.25) is 0 Å². The maximum absolute atomic E-state index is 14.2. The molecule has 1 aromatic rings. The molecule has 1 heterocycles. The van der Waals surface area contributed by atoms with Crippen molar-refractivity contribution >= 4 is 5.78 Å². The Morgan fingerprint density at radius 3 is 2.83 bits per heavy atom. The van der Waals surface area contributed by atoms with Gasteiger partial charge in [0.15, 0.2) is 23.6 Å². The van der Waals surface area contributed by atoms with E-state index in [1.807, 2.05) is 6.92 Å². The molecule has 130 valence electrons. The molecule has 1 saturated heterocycles. The van der Waals surface area contributed by atoms with Crippen LogP contribution in [-0.2, 0) is 20.7 Å². The van der Waals surface area contributed by atoms with Crippen LogP contribution in [0.1, 0.15) is 32.3 Å². The van der Waals surface area contributed by atoms with Crippen molar-refractivity contribution < 1.29 is 27.8 Å². The van der Waals surface area contributed by atoms with E-state index in [4.69, 9.17) is 14.2 Å². The topological polar surface area (TPSA) is 44.8 Å². The number of carbonyl (C=O) groups is 1. The fraction of sp³-hybridized carbons (Fsp3) is 0.500. The van der Waals surface area contributed by atoms with E-state index in [2.05, 4.69) is 0 Å². The summed E-state index contributed by atoms with van der Waals surface area (Å²) in [5.74, 6) is -0.963. The number of carbonyl (C=O) groups excluding carboxylic acids is 1. The predicted molar refractivity (Wildman–Crippen MR) is 82.5 cm³/mol. The van der Waals surface area contributed by atoms with Crippen molar-refractivity contribution in [2.75, 3.05) is 7.11 Å². The molecular weight excluding hydrogens is 318 g/mol. The highest BCUT2D eigenvalue weighted by atomic mass is 19.1. The van der Waals surface area contributed by atoms with Gasteiger partial charge in [-0.05, 0) is 37.3 Å². The molecule has 1 aliphatic heterocycles. The van der Waals surface area contributed by atoms with E-state index in [1.165, 1.54) is 13.2 Å². The number of halogens is 2. The fourth-order valence-corrected chi connectivity index (χ4v) is 3.51. The molecule has 0 radical (unpaired) electrons. The summed E-state index contributed by atoms with van der Waals surface area (Å²) in [6, 6.07) is 2.20. The van der Waals surface area contributed by atoms with Crippen LogP contribution in [0.5, 0.6) is 5.75 Å². The summed E-state index contributed by atoms with van der Waals surface area (Å²) < 4.78 is 44.5. The number of ether oxygens (including phenoxy) is 3. The van der Waals surface area contributed by atoms with Gasteiger partial charge in [0.2, 0.25) is 0 Å². The first kappa shape index (κ1) is 16.9. The average molecular weight is 338 g/mol. The van der Waals surface area contributed by atoms with Gasteiger partial charge in [0.25, 0.3) is 0 Å². The molecule has 0 bridgehead atoms. The monoisotopic (exact) mass is 338 g/mol. The zero-order valence-corrected chi connectivity index (χ0v) is 13.9. The van der Waals surface area contributed by atoms with Crippen molar-refractivity contribution in [2.45, 2.75) is 45.0 Å². The summed E-state index contributed by atoms with van der Waals surface area (Å²) in [7, 11) is 1.29. The van der Waals surface area contributed by atoms with Crippen molar-refractivity contribution in [1.29, 1.82) is 0 Å². The van der Waals surface area contributed by atoms with Crippen molar-refractivity contribution in [2.24, 2.45) is 5.92 Å². The summed E-state index contributed by atoms with van der Waals surface area (Å²) in [5.41, 5.74) is -0.523. The van der Waals surface area contributed by atoms with Gasteiger partial charge in [0.1, 0.15) is 17.2 Å². The van der Waals surface area contributed by atoms with E-state index in [0.717, 1.165) is 12.1 Å². The SMILES string of the molecule is COc1cc(F)c(C[C@@H](C)[C@]23CCC(=O)C=C2OC(C)O3)cc1F. The third-order valence-electron chi connectivity index (χ3n) is 4.76. The molecule has 0 amide bonds. The Bertz CT molecular complexity index is 701. The molecule has 1 fully saturated rings. The van der Waals surface area contributed by atoms with E-state index in [-0.39, 0.29) is 29.4 Å². The van der Waals surface area contributed by atoms with E-state index in [9.17, 15) is 13.6 Å². The van der Waals surface area contributed by atoms with Crippen LogP contribution in [0.25, 0.3) is 0 Å². The summed E-state index contributed by atoms with van der Waals surface area (Å²) in [5, 5.41) is 0. The minimum absolute atomic E-state index is 0.00722. The van der Waals surface area contributed by atoms with Crippen molar-refractivity contribution in [3.8, 4) is 5.75 Å². The Morgan fingerprint density at radius 2 is 2.12 bits per heavy atom. The van der Waals surface area contributed by atoms with Gasteiger partial charge in [-0.25, -0.2) is 8.78 Å². The van der Waals surface area contributed by atoms with Gasteiger partial charge in [0, 0.05) is 18.6 Å². The van der Waals surface area contributed by atoms with E-state index >= 15 is 0 Å². The molecule has 3 atom stereocenters. The molecular formula is C18H20F2O4. The molecule has 4 nitrogen and oxygen atoms in total. The lowest BCUT2D eigenvalue weighted by Crippen LogP contribution is -2.42. The smallest absolute Gasteiger partial charge is 0.197 e. The minimum Gasteiger partial charge on any atom is -0.494 e. The maximum Gasteiger partial charge on any atom is 0.197 e. The van der Waals surface area contributed by atoms with Crippen LogP contribution in [0, 0.1) is 17.6 Å². The predicted octanol–water partition coefficient (Wildman–Crippen LogP) is 3.53. The molecule has 0 saturated carbocycles. The summed E-state index contributed by atoms with van der Waals surface area (Å²) in [4.78, 5) is 11.7. The molecule has 0 aromatic heterocycles. The van der Waals surface area contributed by atoms with E-state index < -0.39 is 23.5 Å². The maximum atomic E-state index is 14.2. The number of benzene rings is 1. The molecule has 3 rings (SSSR count). The third kappa shape index (κ3) is 2.79. The average Bonchev–Trinajstić information content (AvgIpc) is 2.86. The first-order chi connectivity index (χ1) is 11.4. The fourth-order valence-electron chi connectivity index (χ4n) is 3.51. The molecule has 24 heavy (non-hydrogen) atoms. The van der Waals surface area contributed by atoms with Gasteiger partial charge in [-0.15, -0.1) is 0 Å². The molecule has 1 unspecified atom stereocenters. The van der Waals surface area contributed by atoms with Gasteiger partial charge in [-0.1, -0.05) is 6.92 Å². The summed E-state index contributed by atoms with van der Waals surface area (Å²) in [6.45, 7) is 3.65. The first-order valence-electron chi connectivity index (χ1n) is 7.97. The molecule has 1 aliphatic carbocycles. The van der Waals surface area contributed by atoms with Crippen LogP contribution >= 0.6 is 0 Å². The molecule has 1 aromatic carbocycles. The van der Waals surface area contributed by atoms with Crippen molar-refractivity contribution in [3.05, 3.63) is 41.2 Å². The number of hydrogen-bond donors (Lipinski definition) is 0. The van der Waals surface area contributed by atoms with Gasteiger partial charge in [0.05, 0.1) is 7.11 Å². The Hall–Kier alpha value is -1.95. The van der Waals surface area contributed by atoms with Crippen LogP contribution in [0.15, 0.2) is 24.0 Å². The molecule has 6 heteroatoms. The van der Waals surface area contributed by atoms with Gasteiger partial charge < -0.3 is 14.2 Å². The second kappa shape index (κ2) is 6.16. The van der Waals surface area contributed by atoms with E-state index in [0.29, 0.717) is 18.6 Å². The van der Waals surface area contributed by atoms with Crippen LogP contribution < -0.4 is 4.74 Å². The summed E-state index contributed by atoms with van der Waals surface area (Å²) >= 11 is 0. The number of fused-ring (bicyclic) bond motifs is 1.